The molecular formula is C27H34N4O2. The van der Waals surface area contributed by atoms with Crippen LogP contribution >= 0.6 is 0 Å². The molecule has 4 rings (SSSR count). The maximum absolute atomic E-state index is 12.7. The predicted molar refractivity (Wildman–Crippen MR) is 133 cm³/mol. The molecular weight excluding hydrogens is 412 g/mol. The molecule has 0 saturated heterocycles. The van der Waals surface area contributed by atoms with E-state index in [1.54, 1.807) is 0 Å². The van der Waals surface area contributed by atoms with Gasteiger partial charge in [0, 0.05) is 13.0 Å². The highest BCUT2D eigenvalue weighted by molar-refractivity contribution is 6.04. The summed E-state index contributed by atoms with van der Waals surface area (Å²) in [7, 11) is 0. The number of amidine groups is 1. The SMILES string of the molecule is CCCCC(CC)CN1C=NC2C(=O)NC(Cc3ccc(OCc4ccccc4)cc3)=NC21. The first kappa shape index (κ1) is 23.0. The van der Waals surface area contributed by atoms with Crippen molar-refractivity contribution in [2.45, 2.75) is 64.8 Å². The lowest BCUT2D eigenvalue weighted by Gasteiger charge is -2.31. The Morgan fingerprint density at radius 1 is 1.06 bits per heavy atom. The van der Waals surface area contributed by atoms with Crippen molar-refractivity contribution in [1.29, 1.82) is 0 Å². The van der Waals surface area contributed by atoms with Gasteiger partial charge >= 0.3 is 0 Å². The highest BCUT2D eigenvalue weighted by Crippen LogP contribution is 2.24. The van der Waals surface area contributed by atoms with Crippen LogP contribution in [0, 0.1) is 5.92 Å². The van der Waals surface area contributed by atoms with E-state index in [9.17, 15) is 4.79 Å². The molecule has 33 heavy (non-hydrogen) atoms. The minimum absolute atomic E-state index is 0.0619. The molecule has 3 atom stereocenters. The largest absolute Gasteiger partial charge is 0.489 e. The molecule has 6 heteroatoms. The van der Waals surface area contributed by atoms with Crippen LogP contribution in [-0.2, 0) is 17.8 Å². The molecule has 2 aromatic carbocycles. The van der Waals surface area contributed by atoms with Gasteiger partial charge in [-0.2, -0.15) is 0 Å². The lowest BCUT2D eigenvalue weighted by atomic mass is 9.98. The van der Waals surface area contributed by atoms with E-state index < -0.39 is 6.04 Å². The van der Waals surface area contributed by atoms with E-state index in [1.165, 1.54) is 19.3 Å². The summed E-state index contributed by atoms with van der Waals surface area (Å²) in [5, 5.41) is 2.96. The number of nitrogens with one attached hydrogen (secondary N) is 1. The zero-order valence-electron chi connectivity index (χ0n) is 19.6. The summed E-state index contributed by atoms with van der Waals surface area (Å²) < 4.78 is 5.88. The number of fused-ring (bicyclic) bond motifs is 1. The second-order valence-electron chi connectivity index (χ2n) is 8.90. The molecule has 2 aliphatic rings. The van der Waals surface area contributed by atoms with Gasteiger partial charge < -0.3 is 15.0 Å². The predicted octanol–water partition coefficient (Wildman–Crippen LogP) is 4.59. The summed E-state index contributed by atoms with van der Waals surface area (Å²) in [5.41, 5.74) is 2.22. The minimum atomic E-state index is -0.439. The zero-order chi connectivity index (χ0) is 23.0. The third-order valence-electron chi connectivity index (χ3n) is 6.38. The number of unbranched alkanes of at least 4 members (excludes halogenated alkanes) is 1. The van der Waals surface area contributed by atoms with Gasteiger partial charge in [-0.25, -0.2) is 4.99 Å². The third-order valence-corrected chi connectivity index (χ3v) is 6.38. The molecule has 0 spiro atoms. The van der Waals surface area contributed by atoms with Gasteiger partial charge in [-0.15, -0.1) is 0 Å². The molecule has 174 valence electrons. The van der Waals surface area contributed by atoms with E-state index in [-0.39, 0.29) is 12.1 Å². The Labute approximate surface area is 196 Å². The van der Waals surface area contributed by atoms with Gasteiger partial charge in [-0.3, -0.25) is 9.79 Å². The quantitative estimate of drug-likeness (QED) is 0.549. The van der Waals surface area contributed by atoms with Gasteiger partial charge in [0.2, 0.25) is 0 Å². The van der Waals surface area contributed by atoms with Gasteiger partial charge in [0.25, 0.3) is 5.91 Å². The van der Waals surface area contributed by atoms with Crippen molar-refractivity contribution >= 4 is 18.1 Å². The fraction of sp³-hybridized carbons (Fsp3) is 0.444. The third kappa shape index (κ3) is 6.01. The highest BCUT2D eigenvalue weighted by Gasteiger charge is 2.40. The molecule has 6 nitrogen and oxygen atoms in total. The van der Waals surface area contributed by atoms with Crippen molar-refractivity contribution in [2.75, 3.05) is 6.54 Å². The summed E-state index contributed by atoms with van der Waals surface area (Å²) in [4.78, 5) is 24.2. The summed E-state index contributed by atoms with van der Waals surface area (Å²) in [6.07, 6.45) is 6.95. The van der Waals surface area contributed by atoms with Crippen LogP contribution in [0.5, 0.6) is 5.75 Å². The van der Waals surface area contributed by atoms with Crippen LogP contribution < -0.4 is 10.1 Å². The van der Waals surface area contributed by atoms with Crippen LogP contribution in [0.2, 0.25) is 0 Å². The van der Waals surface area contributed by atoms with E-state index >= 15 is 0 Å². The number of hydrogen-bond donors (Lipinski definition) is 1. The molecule has 1 amide bonds. The van der Waals surface area contributed by atoms with Crippen LogP contribution in [0.4, 0.5) is 0 Å². The second-order valence-corrected chi connectivity index (χ2v) is 8.90. The summed E-state index contributed by atoms with van der Waals surface area (Å²) >= 11 is 0. The lowest BCUT2D eigenvalue weighted by molar-refractivity contribution is -0.122. The second kappa shape index (κ2) is 11.1. The fourth-order valence-corrected chi connectivity index (χ4v) is 4.34. The highest BCUT2D eigenvalue weighted by atomic mass is 16.5. The number of carbonyl (C=O) groups excluding carboxylic acids is 1. The Hall–Kier alpha value is -3.15. The average molecular weight is 447 g/mol. The molecule has 0 aromatic heterocycles. The number of aliphatic imine (C=N–C) groups is 2. The number of carbonyl (C=O) groups is 1. The van der Waals surface area contributed by atoms with Gasteiger partial charge in [0.15, 0.2) is 12.2 Å². The average Bonchev–Trinajstić information content (AvgIpc) is 3.25. The van der Waals surface area contributed by atoms with Crippen molar-refractivity contribution in [2.24, 2.45) is 15.9 Å². The number of amides is 1. The molecule has 2 aromatic rings. The van der Waals surface area contributed by atoms with Crippen LogP contribution in [-0.4, -0.2) is 41.7 Å². The normalized spacial score (nSPS) is 20.2. The first-order valence-corrected chi connectivity index (χ1v) is 12.1. The Kier molecular flexibility index (Phi) is 7.76. The lowest BCUT2D eigenvalue weighted by Crippen LogP contribution is -2.52. The van der Waals surface area contributed by atoms with Crippen LogP contribution in [0.1, 0.15) is 50.7 Å². The molecule has 0 aliphatic carbocycles. The zero-order valence-corrected chi connectivity index (χ0v) is 19.6. The standard InChI is InChI=1S/C27H34N4O2/c1-3-5-9-20(4-2)17-31-19-28-25-26(31)29-24(30-27(25)32)16-21-12-14-23(15-13-21)33-18-22-10-7-6-8-11-22/h6-8,10-15,19-20,25-26H,3-5,9,16-18H2,1-2H3,(H,29,30,32). The van der Waals surface area contributed by atoms with Crippen molar-refractivity contribution in [3.63, 3.8) is 0 Å². The smallest absolute Gasteiger partial charge is 0.254 e. The summed E-state index contributed by atoms with van der Waals surface area (Å²) in [6, 6.07) is 17.7. The molecule has 0 radical (unpaired) electrons. The minimum Gasteiger partial charge on any atom is -0.489 e. The van der Waals surface area contributed by atoms with Gasteiger partial charge in [-0.05, 0) is 35.6 Å². The number of benzene rings is 2. The van der Waals surface area contributed by atoms with Crippen molar-refractivity contribution in [1.82, 2.24) is 10.2 Å². The Bertz CT molecular complexity index is 971. The van der Waals surface area contributed by atoms with Crippen molar-refractivity contribution < 1.29 is 9.53 Å². The molecule has 1 N–H and O–H groups in total. The summed E-state index contributed by atoms with van der Waals surface area (Å²) in [5.74, 6) is 2.07. The van der Waals surface area contributed by atoms with E-state index in [0.29, 0.717) is 24.8 Å². The van der Waals surface area contributed by atoms with Crippen LogP contribution in [0.15, 0.2) is 64.6 Å². The number of nitrogens with zero attached hydrogens (tertiary/aromatic N) is 3. The monoisotopic (exact) mass is 446 g/mol. The molecule has 2 aliphatic heterocycles. The number of ether oxygens (including phenoxy) is 1. The molecule has 0 bridgehead atoms. The van der Waals surface area contributed by atoms with E-state index in [4.69, 9.17) is 9.73 Å². The maximum atomic E-state index is 12.7. The first-order chi connectivity index (χ1) is 16.2. The Balaban J connectivity index is 1.37. The van der Waals surface area contributed by atoms with Crippen molar-refractivity contribution in [3.8, 4) is 5.75 Å². The van der Waals surface area contributed by atoms with Gasteiger partial charge in [-0.1, -0.05) is 75.6 Å². The molecule has 2 heterocycles. The maximum Gasteiger partial charge on any atom is 0.254 e. The molecule has 0 saturated carbocycles. The van der Waals surface area contributed by atoms with E-state index in [2.05, 4.69) is 29.1 Å². The van der Waals surface area contributed by atoms with Crippen molar-refractivity contribution in [3.05, 3.63) is 65.7 Å². The Morgan fingerprint density at radius 2 is 1.85 bits per heavy atom. The van der Waals surface area contributed by atoms with E-state index in [1.807, 2.05) is 60.9 Å². The fourth-order valence-electron chi connectivity index (χ4n) is 4.34. The Morgan fingerprint density at radius 3 is 2.58 bits per heavy atom. The number of rotatable bonds is 11. The van der Waals surface area contributed by atoms with Crippen LogP contribution in [0.25, 0.3) is 0 Å². The molecule has 0 fully saturated rings. The van der Waals surface area contributed by atoms with Gasteiger partial charge in [0.05, 0.1) is 6.34 Å². The van der Waals surface area contributed by atoms with Gasteiger partial charge in [0.1, 0.15) is 18.2 Å². The van der Waals surface area contributed by atoms with E-state index in [0.717, 1.165) is 29.8 Å². The molecule has 3 unspecified atom stereocenters. The first-order valence-electron chi connectivity index (χ1n) is 12.1. The summed E-state index contributed by atoms with van der Waals surface area (Å²) in [6.45, 7) is 5.90. The van der Waals surface area contributed by atoms with Crippen LogP contribution in [0.3, 0.4) is 0 Å². The topological polar surface area (TPSA) is 66.3 Å². The number of hydrogen-bond acceptors (Lipinski definition) is 5.